The van der Waals surface area contributed by atoms with E-state index in [0.717, 1.165) is 13.8 Å². The zero-order valence-electron chi connectivity index (χ0n) is 35.5. The van der Waals surface area contributed by atoms with E-state index in [1.54, 1.807) is 92.7 Å². The Kier molecular flexibility index (Phi) is 13.4. The largest absolute Gasteiger partial charge is 0.456 e. The molecule has 2 bridgehead atoms. The van der Waals surface area contributed by atoms with Crippen molar-refractivity contribution in [1.82, 2.24) is 5.32 Å². The molecule has 3 aromatic rings. The van der Waals surface area contributed by atoms with Gasteiger partial charge in [0.05, 0.1) is 35.6 Å². The monoisotopic (exact) mass is 1050 g/mol. The topological polar surface area (TPSA) is 221 Å². The van der Waals surface area contributed by atoms with E-state index in [1.165, 1.54) is 26.0 Å². The number of aliphatic hydroxyl groups is 3. The van der Waals surface area contributed by atoms with Crippen molar-refractivity contribution in [2.45, 2.75) is 108 Å². The van der Waals surface area contributed by atoms with E-state index >= 15 is 4.79 Å². The Morgan fingerprint density at radius 3 is 1.94 bits per heavy atom. The number of ketones is 1. The first-order valence-electron chi connectivity index (χ1n) is 20.5. The summed E-state index contributed by atoms with van der Waals surface area (Å²) in [5.41, 5.74) is -7.02. The van der Waals surface area contributed by atoms with Crippen LogP contribution in [0.25, 0.3) is 0 Å². The van der Waals surface area contributed by atoms with Crippen LogP contribution >= 0.6 is 0 Å². The first kappa shape index (κ1) is 47.4. The maximum atomic E-state index is 15.5. The third kappa shape index (κ3) is 8.07. The summed E-state index contributed by atoms with van der Waals surface area (Å²) < 4.78 is 30.3. The Morgan fingerprint density at radius 1 is 0.825 bits per heavy atom. The molecule has 16 heteroatoms. The van der Waals surface area contributed by atoms with Crippen molar-refractivity contribution >= 4 is 35.6 Å². The number of fused-ring (bicyclic) bond motifs is 5. The first-order valence-corrected chi connectivity index (χ1v) is 20.5. The van der Waals surface area contributed by atoms with Gasteiger partial charge in [-0.3, -0.25) is 19.2 Å². The van der Waals surface area contributed by atoms with Gasteiger partial charge in [-0.25, -0.2) is 9.59 Å². The minimum atomic E-state index is -2.39. The standard InChI is InChI=1S/C47H51NO14.Pt/c1-25-31(60-43(56)36(52)35(28-16-10-7-11-17-28)48-41(54)29-18-12-8-13-19-29)23-47(57)40(61-42(55)30-20-14-9-15-21-30)38-45(6,32(51)22-33-46(38,24-58-33)62-27(3)50)39(53)37(59-26(2)49)34(25)44(47,4)5;/h7-21,31-33,35-38,40,51-52,57H,22-24H2,1-6H3,(H,48,54);/t31-,32-,33+,35-,36+,37+,38-,40-,45+,46-,47+;/m0./s1. The molecule has 15 nitrogen and oxygen atoms in total. The van der Waals surface area contributed by atoms with E-state index in [1.807, 2.05) is 0 Å². The number of amides is 1. The molecule has 338 valence electrons. The van der Waals surface area contributed by atoms with Crippen molar-refractivity contribution in [3.05, 3.63) is 119 Å². The Balaban J connectivity index is 0.00000661. The summed E-state index contributed by atoms with van der Waals surface area (Å²) in [6, 6.07) is 22.9. The van der Waals surface area contributed by atoms with Gasteiger partial charge >= 0.3 is 23.9 Å². The minimum absolute atomic E-state index is 0. The Labute approximate surface area is 378 Å². The van der Waals surface area contributed by atoms with Crippen molar-refractivity contribution in [1.29, 1.82) is 0 Å². The minimum Gasteiger partial charge on any atom is -0.456 e. The maximum Gasteiger partial charge on any atom is 0.338 e. The van der Waals surface area contributed by atoms with Crippen LogP contribution in [0.1, 0.15) is 86.7 Å². The van der Waals surface area contributed by atoms with Crippen molar-refractivity contribution in [2.75, 3.05) is 6.61 Å². The molecule has 0 aromatic heterocycles. The summed E-state index contributed by atoms with van der Waals surface area (Å²) in [5.74, 6) is -6.84. The van der Waals surface area contributed by atoms with Gasteiger partial charge in [0.1, 0.15) is 23.9 Å². The second-order valence-electron chi connectivity index (χ2n) is 17.4. The summed E-state index contributed by atoms with van der Waals surface area (Å²) in [6.07, 6.45) is -10.5. The summed E-state index contributed by atoms with van der Waals surface area (Å²) in [7, 11) is 0. The van der Waals surface area contributed by atoms with Crippen LogP contribution in [0.15, 0.2) is 102 Å². The summed E-state index contributed by atoms with van der Waals surface area (Å²) >= 11 is 0. The van der Waals surface area contributed by atoms with Gasteiger partial charge in [0, 0.05) is 58.7 Å². The molecule has 1 heterocycles. The van der Waals surface area contributed by atoms with Crippen LogP contribution in [-0.4, -0.2) is 105 Å². The zero-order valence-corrected chi connectivity index (χ0v) is 37.8. The normalized spacial score (nSPS) is 31.3. The van der Waals surface area contributed by atoms with Gasteiger partial charge in [-0.15, -0.1) is 0 Å². The Morgan fingerprint density at radius 2 is 1.40 bits per heavy atom. The van der Waals surface area contributed by atoms with E-state index in [-0.39, 0.29) is 56.4 Å². The number of rotatable bonds is 10. The predicted octanol–water partition coefficient (Wildman–Crippen LogP) is 3.73. The Bertz CT molecular complexity index is 2290. The van der Waals surface area contributed by atoms with Crippen molar-refractivity contribution in [3.8, 4) is 0 Å². The van der Waals surface area contributed by atoms with Gasteiger partial charge in [-0.2, -0.15) is 0 Å². The molecule has 0 radical (unpaired) electrons. The van der Waals surface area contributed by atoms with Crippen molar-refractivity contribution < 1.29 is 88.8 Å². The first-order chi connectivity index (χ1) is 29.3. The van der Waals surface area contributed by atoms with Crippen LogP contribution < -0.4 is 5.32 Å². The number of aliphatic hydroxyl groups excluding tert-OH is 2. The van der Waals surface area contributed by atoms with Gasteiger partial charge in [-0.05, 0) is 54.8 Å². The fourth-order valence-corrected chi connectivity index (χ4v) is 10.2. The molecule has 3 aliphatic carbocycles. The fraction of sp³-hybridized carbons (Fsp3) is 0.447. The van der Waals surface area contributed by atoms with Gasteiger partial charge in [0.2, 0.25) is 0 Å². The summed E-state index contributed by atoms with van der Waals surface area (Å²) in [5, 5.41) is 40.2. The number of ether oxygens (including phenoxy) is 5. The number of carbonyl (C=O) groups excluding carboxylic acids is 6. The quantitative estimate of drug-likeness (QED) is 0.129. The summed E-state index contributed by atoms with van der Waals surface area (Å²) in [4.78, 5) is 83.5. The number of esters is 4. The average Bonchev–Trinajstić information content (AvgIpc) is 3.24. The number of Topliss-reactive ketones (excluding diaryl/α,β-unsaturated/α-hetero) is 1. The SMILES string of the molecule is CC(=O)O[C@H]1C(=O)[C@@]2(C)[C@H]([C@H](OC(=O)c3ccccc3)[C@]3(O)C[C@H](OC(=O)[C@H](O)[C@@H](NC(=O)c4ccccc4)c4ccccc4)C(C)=C1C3(C)C)[C@]1(OC(C)=O)CO[C@@H]1C[C@@H]2O.[Pt]. The molecule has 3 fully saturated rings. The molecule has 1 aliphatic heterocycles. The van der Waals surface area contributed by atoms with Crippen LogP contribution in [0.5, 0.6) is 0 Å². The van der Waals surface area contributed by atoms with Gasteiger partial charge in [0.15, 0.2) is 23.6 Å². The van der Waals surface area contributed by atoms with E-state index in [9.17, 15) is 39.3 Å². The third-order valence-electron chi connectivity index (χ3n) is 13.5. The molecule has 11 atom stereocenters. The van der Waals surface area contributed by atoms with Crippen molar-refractivity contribution in [3.63, 3.8) is 0 Å². The molecule has 7 rings (SSSR count). The van der Waals surface area contributed by atoms with Crippen LogP contribution in [0.3, 0.4) is 0 Å². The molecule has 4 N–H and O–H groups in total. The second-order valence-corrected chi connectivity index (χ2v) is 17.4. The van der Waals surface area contributed by atoms with Gasteiger partial charge in [0.25, 0.3) is 5.91 Å². The van der Waals surface area contributed by atoms with Gasteiger partial charge < -0.3 is 44.3 Å². The fourth-order valence-electron chi connectivity index (χ4n) is 10.2. The molecule has 4 aliphatic rings. The van der Waals surface area contributed by atoms with Crippen LogP contribution in [0, 0.1) is 16.7 Å². The zero-order chi connectivity index (χ0) is 44.9. The Hall–Kier alpha value is -5.05. The third-order valence-corrected chi connectivity index (χ3v) is 13.5. The molecule has 3 aromatic carbocycles. The predicted molar refractivity (Wildman–Crippen MR) is 218 cm³/mol. The average molecular weight is 1050 g/mol. The van der Waals surface area contributed by atoms with E-state index in [4.69, 9.17) is 23.7 Å². The van der Waals surface area contributed by atoms with E-state index in [2.05, 4.69) is 5.32 Å². The molecule has 0 spiro atoms. The number of hydrogen-bond acceptors (Lipinski definition) is 14. The molecular formula is C47H51NO14Pt. The smallest absolute Gasteiger partial charge is 0.338 e. The molecule has 1 saturated heterocycles. The number of benzene rings is 3. The number of carbonyl (C=O) groups is 6. The van der Waals surface area contributed by atoms with Crippen LogP contribution in [0.2, 0.25) is 0 Å². The molecule has 63 heavy (non-hydrogen) atoms. The molecule has 0 unspecified atom stereocenters. The maximum absolute atomic E-state index is 15.5. The summed E-state index contributed by atoms with van der Waals surface area (Å²) in [6.45, 7) is 7.97. The van der Waals surface area contributed by atoms with Crippen LogP contribution in [-0.2, 0) is 63.9 Å². The van der Waals surface area contributed by atoms with Gasteiger partial charge in [-0.1, -0.05) is 80.6 Å². The number of hydrogen-bond donors (Lipinski definition) is 4. The molecule has 1 amide bonds. The molecule has 2 saturated carbocycles. The van der Waals surface area contributed by atoms with Crippen LogP contribution in [0.4, 0.5) is 0 Å². The molecular weight excluding hydrogens is 998 g/mol. The second kappa shape index (κ2) is 17.8. The van der Waals surface area contributed by atoms with Crippen molar-refractivity contribution in [2.24, 2.45) is 16.7 Å². The van der Waals surface area contributed by atoms with E-state index < -0.39 is 113 Å². The van der Waals surface area contributed by atoms with E-state index in [0.29, 0.717) is 5.56 Å². The number of nitrogens with one attached hydrogen (secondary N) is 1.